The largest absolute Gasteiger partial charge is 0.362 e. The standard InChI is InChI=1S/C17H23FN2O2/c1-20-9-10-22-17(12-20,16(21)19-15-3-2-4-15)11-13-5-7-14(18)8-6-13/h5-8,15H,2-4,9-12H2,1H3,(H,19,21)/t17-/m0/s1. The van der Waals surface area contributed by atoms with Gasteiger partial charge in [0.2, 0.25) is 0 Å². The lowest BCUT2D eigenvalue weighted by Gasteiger charge is -2.42. The summed E-state index contributed by atoms with van der Waals surface area (Å²) in [6.45, 7) is 1.92. The SMILES string of the molecule is CN1CCO[C@](Cc2ccc(F)cc2)(C(=O)NC2CCC2)C1. The van der Waals surface area contributed by atoms with Crippen LogP contribution in [-0.4, -0.2) is 49.2 Å². The molecule has 4 nitrogen and oxygen atoms in total. The highest BCUT2D eigenvalue weighted by molar-refractivity contribution is 5.86. The van der Waals surface area contributed by atoms with Crippen LogP contribution in [0.4, 0.5) is 4.39 Å². The first-order chi connectivity index (χ1) is 10.6. The van der Waals surface area contributed by atoms with Gasteiger partial charge in [-0.25, -0.2) is 4.39 Å². The summed E-state index contributed by atoms with van der Waals surface area (Å²) in [6.07, 6.45) is 3.75. The van der Waals surface area contributed by atoms with Gasteiger partial charge in [0, 0.05) is 25.6 Å². The molecule has 1 amide bonds. The second kappa shape index (κ2) is 6.34. The highest BCUT2D eigenvalue weighted by atomic mass is 19.1. The van der Waals surface area contributed by atoms with Gasteiger partial charge in [-0.15, -0.1) is 0 Å². The molecule has 1 heterocycles. The quantitative estimate of drug-likeness (QED) is 0.921. The van der Waals surface area contributed by atoms with Crippen LogP contribution in [-0.2, 0) is 16.0 Å². The molecular formula is C17H23FN2O2. The molecule has 0 radical (unpaired) electrons. The highest BCUT2D eigenvalue weighted by Gasteiger charge is 2.44. The van der Waals surface area contributed by atoms with Crippen molar-refractivity contribution in [3.05, 3.63) is 35.6 Å². The predicted octanol–water partition coefficient (Wildman–Crippen LogP) is 1.74. The Balaban J connectivity index is 1.78. The third-order valence-electron chi connectivity index (χ3n) is 4.63. The number of benzene rings is 1. The summed E-state index contributed by atoms with van der Waals surface area (Å²) in [7, 11) is 2.00. The fraction of sp³-hybridized carbons (Fsp3) is 0.588. The molecular weight excluding hydrogens is 283 g/mol. The molecule has 1 atom stereocenters. The summed E-state index contributed by atoms with van der Waals surface area (Å²) >= 11 is 0. The molecule has 1 N–H and O–H groups in total. The predicted molar refractivity (Wildman–Crippen MR) is 82.1 cm³/mol. The molecule has 3 rings (SSSR count). The fourth-order valence-corrected chi connectivity index (χ4v) is 3.08. The van der Waals surface area contributed by atoms with Crippen LogP contribution in [0.25, 0.3) is 0 Å². The van der Waals surface area contributed by atoms with Crippen molar-refractivity contribution in [2.24, 2.45) is 0 Å². The van der Waals surface area contributed by atoms with Gasteiger partial charge in [0.15, 0.2) is 5.60 Å². The Bertz CT molecular complexity index is 530. The fourth-order valence-electron chi connectivity index (χ4n) is 3.08. The smallest absolute Gasteiger partial charge is 0.254 e. The van der Waals surface area contributed by atoms with E-state index >= 15 is 0 Å². The molecule has 2 aliphatic rings. The summed E-state index contributed by atoms with van der Waals surface area (Å²) in [5.41, 5.74) is 0.0425. The van der Waals surface area contributed by atoms with Crippen LogP contribution < -0.4 is 5.32 Å². The lowest BCUT2D eigenvalue weighted by molar-refractivity contribution is -0.160. The lowest BCUT2D eigenvalue weighted by atomic mass is 9.88. The zero-order valence-electron chi connectivity index (χ0n) is 13.0. The van der Waals surface area contributed by atoms with Crippen LogP contribution in [0.2, 0.25) is 0 Å². The van der Waals surface area contributed by atoms with Crippen molar-refractivity contribution in [1.29, 1.82) is 0 Å². The second-order valence-electron chi connectivity index (χ2n) is 6.49. The molecule has 1 aromatic rings. The monoisotopic (exact) mass is 306 g/mol. The van der Waals surface area contributed by atoms with Gasteiger partial charge in [-0.3, -0.25) is 4.79 Å². The average molecular weight is 306 g/mol. The minimum atomic E-state index is -0.875. The van der Waals surface area contributed by atoms with E-state index in [1.54, 1.807) is 12.1 Å². The van der Waals surface area contributed by atoms with Crippen LogP contribution >= 0.6 is 0 Å². The number of halogens is 1. The molecule has 1 saturated carbocycles. The molecule has 5 heteroatoms. The molecule has 2 fully saturated rings. The van der Waals surface area contributed by atoms with Gasteiger partial charge in [-0.2, -0.15) is 0 Å². The Morgan fingerprint density at radius 2 is 2.14 bits per heavy atom. The van der Waals surface area contributed by atoms with Crippen molar-refractivity contribution < 1.29 is 13.9 Å². The number of ether oxygens (including phenoxy) is 1. The van der Waals surface area contributed by atoms with Gasteiger partial charge < -0.3 is 15.0 Å². The van der Waals surface area contributed by atoms with Crippen LogP contribution in [0.3, 0.4) is 0 Å². The number of nitrogens with zero attached hydrogens (tertiary/aromatic N) is 1. The number of rotatable bonds is 4. The number of likely N-dealkylation sites (N-methyl/N-ethyl adjacent to an activating group) is 1. The second-order valence-corrected chi connectivity index (χ2v) is 6.49. The molecule has 0 unspecified atom stereocenters. The topological polar surface area (TPSA) is 41.6 Å². The first-order valence-electron chi connectivity index (χ1n) is 7.95. The van der Waals surface area contributed by atoms with Gasteiger partial charge in [0.05, 0.1) is 6.61 Å². The maximum Gasteiger partial charge on any atom is 0.254 e. The van der Waals surface area contributed by atoms with E-state index in [1.807, 2.05) is 7.05 Å². The Kier molecular flexibility index (Phi) is 4.45. The lowest BCUT2D eigenvalue weighted by Crippen LogP contribution is -2.62. The Labute approximate surface area is 130 Å². The van der Waals surface area contributed by atoms with Crippen LogP contribution in [0.1, 0.15) is 24.8 Å². The molecule has 0 spiro atoms. The van der Waals surface area contributed by atoms with E-state index < -0.39 is 5.60 Å². The van der Waals surface area contributed by atoms with E-state index in [2.05, 4.69) is 10.2 Å². The summed E-state index contributed by atoms with van der Waals surface area (Å²) in [5.74, 6) is -0.300. The maximum atomic E-state index is 13.1. The molecule has 1 aliphatic carbocycles. The summed E-state index contributed by atoms with van der Waals surface area (Å²) in [5, 5.41) is 3.11. The van der Waals surface area contributed by atoms with Gasteiger partial charge in [-0.05, 0) is 44.0 Å². The third kappa shape index (κ3) is 3.31. The van der Waals surface area contributed by atoms with Crippen LogP contribution in [0.5, 0.6) is 0 Å². The summed E-state index contributed by atoms with van der Waals surface area (Å²) in [4.78, 5) is 14.9. The zero-order chi connectivity index (χ0) is 15.6. The van der Waals surface area contributed by atoms with Crippen molar-refractivity contribution in [1.82, 2.24) is 10.2 Å². The van der Waals surface area contributed by atoms with E-state index in [1.165, 1.54) is 18.6 Å². The number of carbonyl (C=O) groups excluding carboxylic acids is 1. The number of amides is 1. The Morgan fingerprint density at radius 1 is 1.41 bits per heavy atom. The van der Waals surface area contributed by atoms with Gasteiger partial charge in [0.1, 0.15) is 5.82 Å². The molecule has 0 bridgehead atoms. The minimum absolute atomic E-state index is 0.0342. The van der Waals surface area contributed by atoms with Crippen molar-refractivity contribution in [3.63, 3.8) is 0 Å². The first kappa shape index (κ1) is 15.4. The highest BCUT2D eigenvalue weighted by Crippen LogP contribution is 2.26. The number of morpholine rings is 1. The van der Waals surface area contributed by atoms with E-state index in [0.29, 0.717) is 19.6 Å². The van der Waals surface area contributed by atoms with E-state index in [9.17, 15) is 9.18 Å². The third-order valence-corrected chi connectivity index (χ3v) is 4.63. The minimum Gasteiger partial charge on any atom is -0.362 e. The Hall–Kier alpha value is -1.46. The van der Waals surface area contributed by atoms with Gasteiger partial charge in [0.25, 0.3) is 5.91 Å². The first-order valence-corrected chi connectivity index (χ1v) is 7.95. The van der Waals surface area contributed by atoms with E-state index in [0.717, 1.165) is 24.9 Å². The molecule has 1 aliphatic heterocycles. The van der Waals surface area contributed by atoms with Crippen molar-refractivity contribution in [3.8, 4) is 0 Å². The molecule has 120 valence electrons. The number of nitrogens with one attached hydrogen (secondary N) is 1. The summed E-state index contributed by atoms with van der Waals surface area (Å²) < 4.78 is 19.0. The number of hydrogen-bond donors (Lipinski definition) is 1. The molecule has 1 saturated heterocycles. The molecule has 0 aromatic heterocycles. The van der Waals surface area contributed by atoms with Gasteiger partial charge >= 0.3 is 0 Å². The van der Waals surface area contributed by atoms with Crippen molar-refractivity contribution in [2.75, 3.05) is 26.7 Å². The number of carbonyl (C=O) groups is 1. The van der Waals surface area contributed by atoms with E-state index in [-0.39, 0.29) is 17.8 Å². The van der Waals surface area contributed by atoms with Crippen molar-refractivity contribution >= 4 is 5.91 Å². The Morgan fingerprint density at radius 3 is 2.73 bits per heavy atom. The summed E-state index contributed by atoms with van der Waals surface area (Å²) in [6, 6.07) is 6.60. The van der Waals surface area contributed by atoms with E-state index in [4.69, 9.17) is 4.74 Å². The normalized spacial score (nSPS) is 26.5. The molecule has 1 aromatic carbocycles. The molecule has 22 heavy (non-hydrogen) atoms. The van der Waals surface area contributed by atoms with Crippen LogP contribution in [0, 0.1) is 5.82 Å². The average Bonchev–Trinajstić information content (AvgIpc) is 2.45. The zero-order valence-corrected chi connectivity index (χ0v) is 13.0. The van der Waals surface area contributed by atoms with Crippen LogP contribution in [0.15, 0.2) is 24.3 Å². The maximum absolute atomic E-state index is 13.1. The van der Waals surface area contributed by atoms with Gasteiger partial charge in [-0.1, -0.05) is 12.1 Å². The van der Waals surface area contributed by atoms with Crippen molar-refractivity contribution in [2.45, 2.75) is 37.3 Å². The number of hydrogen-bond acceptors (Lipinski definition) is 3.